The van der Waals surface area contributed by atoms with Gasteiger partial charge in [0.25, 0.3) is 0 Å². The number of aromatic nitrogens is 4. The van der Waals surface area contributed by atoms with Crippen molar-refractivity contribution in [3.63, 3.8) is 0 Å². The van der Waals surface area contributed by atoms with Crippen LogP contribution in [0.15, 0.2) is 18.5 Å². The molecule has 1 aliphatic rings. The molecule has 0 atom stereocenters. The highest BCUT2D eigenvalue weighted by Crippen LogP contribution is 2.15. The van der Waals surface area contributed by atoms with Gasteiger partial charge in [-0.05, 0) is 13.8 Å². The second kappa shape index (κ2) is 5.58. The largest absolute Gasteiger partial charge is 0.354 e. The van der Waals surface area contributed by atoms with E-state index in [-0.39, 0.29) is 0 Å². The number of imidazole rings is 1. The number of H-pyrrole nitrogens is 1. The number of hydrogen-bond acceptors (Lipinski definition) is 5. The SMILES string of the molecule is Cc1cc(N2CCN(Cc3ncc[nH]3)CC2)nc(C)n1. The van der Waals surface area contributed by atoms with Crippen molar-refractivity contribution in [3.05, 3.63) is 35.8 Å². The number of aryl methyl sites for hydroxylation is 2. The smallest absolute Gasteiger partial charge is 0.132 e. The quantitative estimate of drug-likeness (QED) is 0.908. The molecule has 1 N–H and O–H groups in total. The highest BCUT2D eigenvalue weighted by Gasteiger charge is 2.19. The summed E-state index contributed by atoms with van der Waals surface area (Å²) in [5, 5.41) is 0. The summed E-state index contributed by atoms with van der Waals surface area (Å²) >= 11 is 0. The van der Waals surface area contributed by atoms with Crippen LogP contribution in [0.5, 0.6) is 0 Å². The molecule has 0 saturated carbocycles. The predicted octanol–water partition coefficient (Wildman–Crippen LogP) is 1.14. The van der Waals surface area contributed by atoms with Crippen LogP contribution in [0.2, 0.25) is 0 Å². The maximum atomic E-state index is 4.54. The summed E-state index contributed by atoms with van der Waals surface area (Å²) < 4.78 is 0. The molecule has 20 heavy (non-hydrogen) atoms. The number of anilines is 1. The fourth-order valence-corrected chi connectivity index (χ4v) is 2.59. The molecule has 3 rings (SSSR count). The number of aromatic amines is 1. The van der Waals surface area contributed by atoms with Gasteiger partial charge in [-0.2, -0.15) is 0 Å². The molecule has 6 heteroatoms. The molecule has 106 valence electrons. The third kappa shape index (κ3) is 2.96. The lowest BCUT2D eigenvalue weighted by Crippen LogP contribution is -2.46. The van der Waals surface area contributed by atoms with Crippen LogP contribution < -0.4 is 4.90 Å². The fourth-order valence-electron chi connectivity index (χ4n) is 2.59. The molecule has 0 spiro atoms. The van der Waals surface area contributed by atoms with Crippen LogP contribution in [-0.2, 0) is 6.54 Å². The van der Waals surface area contributed by atoms with Gasteiger partial charge in [0.15, 0.2) is 0 Å². The van der Waals surface area contributed by atoms with Gasteiger partial charge in [0.05, 0.1) is 6.54 Å². The zero-order chi connectivity index (χ0) is 13.9. The van der Waals surface area contributed by atoms with Crippen molar-refractivity contribution in [1.29, 1.82) is 0 Å². The van der Waals surface area contributed by atoms with Crippen molar-refractivity contribution in [3.8, 4) is 0 Å². The van der Waals surface area contributed by atoms with Gasteiger partial charge in [0.2, 0.25) is 0 Å². The first-order valence-electron chi connectivity index (χ1n) is 6.98. The summed E-state index contributed by atoms with van der Waals surface area (Å²) in [5.41, 5.74) is 1.03. The third-order valence-electron chi connectivity index (χ3n) is 3.58. The van der Waals surface area contributed by atoms with Crippen molar-refractivity contribution < 1.29 is 0 Å². The molecule has 2 aromatic rings. The van der Waals surface area contributed by atoms with Crippen LogP contribution in [-0.4, -0.2) is 51.0 Å². The Hall–Kier alpha value is -1.95. The lowest BCUT2D eigenvalue weighted by atomic mass is 10.3. The molecule has 0 aromatic carbocycles. The van der Waals surface area contributed by atoms with E-state index in [4.69, 9.17) is 0 Å². The van der Waals surface area contributed by atoms with E-state index < -0.39 is 0 Å². The number of rotatable bonds is 3. The van der Waals surface area contributed by atoms with Gasteiger partial charge >= 0.3 is 0 Å². The van der Waals surface area contributed by atoms with E-state index in [1.165, 1.54) is 0 Å². The molecule has 0 amide bonds. The molecular formula is C14H20N6. The van der Waals surface area contributed by atoms with Crippen molar-refractivity contribution in [2.45, 2.75) is 20.4 Å². The van der Waals surface area contributed by atoms with Gasteiger partial charge in [-0.1, -0.05) is 0 Å². The average molecular weight is 272 g/mol. The standard InChI is InChI=1S/C14H20N6/c1-11-9-14(18-12(2)17-11)20-7-5-19(6-8-20)10-13-15-3-4-16-13/h3-4,9H,5-8,10H2,1-2H3,(H,15,16). The van der Waals surface area contributed by atoms with Crippen molar-refractivity contribution in [2.75, 3.05) is 31.1 Å². The molecule has 2 aromatic heterocycles. The van der Waals surface area contributed by atoms with E-state index in [0.717, 1.165) is 55.9 Å². The second-order valence-electron chi connectivity index (χ2n) is 5.21. The second-order valence-corrected chi connectivity index (χ2v) is 5.21. The van der Waals surface area contributed by atoms with Gasteiger partial charge in [-0.25, -0.2) is 15.0 Å². The lowest BCUT2D eigenvalue weighted by Gasteiger charge is -2.35. The van der Waals surface area contributed by atoms with E-state index in [1.54, 1.807) is 6.20 Å². The van der Waals surface area contributed by atoms with Gasteiger partial charge in [-0.15, -0.1) is 0 Å². The van der Waals surface area contributed by atoms with Crippen LogP contribution in [0, 0.1) is 13.8 Å². The third-order valence-corrected chi connectivity index (χ3v) is 3.58. The van der Waals surface area contributed by atoms with Crippen LogP contribution in [0.3, 0.4) is 0 Å². The summed E-state index contributed by atoms with van der Waals surface area (Å²) in [7, 11) is 0. The Morgan fingerprint density at radius 3 is 2.60 bits per heavy atom. The first-order chi connectivity index (χ1) is 9.70. The Morgan fingerprint density at radius 2 is 1.95 bits per heavy atom. The maximum Gasteiger partial charge on any atom is 0.132 e. The molecule has 3 heterocycles. The lowest BCUT2D eigenvalue weighted by molar-refractivity contribution is 0.244. The molecule has 1 saturated heterocycles. The highest BCUT2D eigenvalue weighted by atomic mass is 15.3. The van der Waals surface area contributed by atoms with E-state index >= 15 is 0 Å². The minimum atomic E-state index is 0.845. The van der Waals surface area contributed by atoms with Gasteiger partial charge in [-0.3, -0.25) is 4.90 Å². The van der Waals surface area contributed by atoms with Gasteiger partial charge in [0.1, 0.15) is 17.5 Å². The van der Waals surface area contributed by atoms with Crippen LogP contribution in [0.4, 0.5) is 5.82 Å². The maximum absolute atomic E-state index is 4.54. The number of nitrogens with one attached hydrogen (secondary N) is 1. The molecule has 0 aliphatic carbocycles. The Labute approximate surface area is 118 Å². The summed E-state index contributed by atoms with van der Waals surface area (Å²) in [6, 6.07) is 2.06. The normalized spacial score (nSPS) is 16.6. The number of piperazine rings is 1. The summed E-state index contributed by atoms with van der Waals surface area (Å²) in [4.78, 5) is 21.1. The summed E-state index contributed by atoms with van der Waals surface area (Å²) in [6.07, 6.45) is 3.68. The minimum Gasteiger partial charge on any atom is -0.354 e. The van der Waals surface area contributed by atoms with Crippen LogP contribution >= 0.6 is 0 Å². The number of hydrogen-bond donors (Lipinski definition) is 1. The van der Waals surface area contributed by atoms with Gasteiger partial charge < -0.3 is 9.88 Å². The Balaban J connectivity index is 1.60. The predicted molar refractivity (Wildman–Crippen MR) is 77.6 cm³/mol. The molecule has 0 unspecified atom stereocenters. The Kier molecular flexibility index (Phi) is 3.64. The van der Waals surface area contributed by atoms with Crippen molar-refractivity contribution in [1.82, 2.24) is 24.8 Å². The van der Waals surface area contributed by atoms with Crippen molar-refractivity contribution in [2.24, 2.45) is 0 Å². The molecule has 0 bridgehead atoms. The Bertz CT molecular complexity index is 537. The Morgan fingerprint density at radius 1 is 1.15 bits per heavy atom. The van der Waals surface area contributed by atoms with Gasteiger partial charge in [0, 0.05) is 50.3 Å². The zero-order valence-electron chi connectivity index (χ0n) is 12.0. The van der Waals surface area contributed by atoms with E-state index in [2.05, 4.69) is 35.8 Å². The monoisotopic (exact) mass is 272 g/mol. The van der Waals surface area contributed by atoms with Crippen LogP contribution in [0.1, 0.15) is 17.3 Å². The topological polar surface area (TPSA) is 60.9 Å². The summed E-state index contributed by atoms with van der Waals surface area (Å²) in [6.45, 7) is 8.91. The fraction of sp³-hybridized carbons (Fsp3) is 0.500. The average Bonchev–Trinajstić information content (AvgIpc) is 2.91. The number of nitrogens with zero attached hydrogens (tertiary/aromatic N) is 5. The first-order valence-corrected chi connectivity index (χ1v) is 6.98. The molecular weight excluding hydrogens is 252 g/mol. The molecule has 1 aliphatic heterocycles. The molecule has 0 radical (unpaired) electrons. The molecule has 1 fully saturated rings. The van der Waals surface area contributed by atoms with E-state index in [1.807, 2.05) is 20.0 Å². The highest BCUT2D eigenvalue weighted by molar-refractivity contribution is 5.40. The first kappa shape index (κ1) is 13.1. The molecule has 6 nitrogen and oxygen atoms in total. The van der Waals surface area contributed by atoms with Crippen molar-refractivity contribution >= 4 is 5.82 Å². The summed E-state index contributed by atoms with van der Waals surface area (Å²) in [5.74, 6) is 2.93. The van der Waals surface area contributed by atoms with E-state index in [0.29, 0.717) is 0 Å². The van der Waals surface area contributed by atoms with Crippen LogP contribution in [0.25, 0.3) is 0 Å². The van der Waals surface area contributed by atoms with E-state index in [9.17, 15) is 0 Å². The zero-order valence-corrected chi connectivity index (χ0v) is 12.0. The minimum absolute atomic E-state index is 0.845.